The molecule has 4 nitrogen and oxygen atoms in total. The standard InChI is InChI=1S/C15H20ClN3O/c1-3-12(17)8-11-6-5-7-14(16)15(11)20-13-9-18-19(4-2)10-13/h5-7,9-10,12H,3-4,8,17H2,1-2H3. The van der Waals surface area contributed by atoms with Gasteiger partial charge >= 0.3 is 0 Å². The van der Waals surface area contributed by atoms with E-state index in [2.05, 4.69) is 12.0 Å². The van der Waals surface area contributed by atoms with Crippen LogP contribution in [0.1, 0.15) is 25.8 Å². The third kappa shape index (κ3) is 3.52. The molecule has 0 aliphatic rings. The van der Waals surface area contributed by atoms with Crippen molar-refractivity contribution in [1.29, 1.82) is 0 Å². The molecule has 0 saturated carbocycles. The molecule has 1 atom stereocenters. The molecule has 0 saturated heterocycles. The minimum absolute atomic E-state index is 0.106. The first-order valence-electron chi connectivity index (χ1n) is 6.87. The Morgan fingerprint density at radius 2 is 2.20 bits per heavy atom. The lowest BCUT2D eigenvalue weighted by atomic mass is 10.0. The summed E-state index contributed by atoms with van der Waals surface area (Å²) in [6, 6.07) is 5.85. The van der Waals surface area contributed by atoms with Gasteiger partial charge in [0.2, 0.25) is 0 Å². The summed E-state index contributed by atoms with van der Waals surface area (Å²) in [5.41, 5.74) is 7.05. The molecule has 2 aromatic rings. The monoisotopic (exact) mass is 293 g/mol. The third-order valence-corrected chi connectivity index (χ3v) is 3.51. The van der Waals surface area contributed by atoms with Crippen molar-refractivity contribution in [3.05, 3.63) is 41.2 Å². The average molecular weight is 294 g/mol. The smallest absolute Gasteiger partial charge is 0.165 e. The van der Waals surface area contributed by atoms with E-state index in [1.54, 1.807) is 6.20 Å². The minimum atomic E-state index is 0.106. The number of nitrogens with zero attached hydrogens (tertiary/aromatic N) is 2. The van der Waals surface area contributed by atoms with Crippen molar-refractivity contribution >= 4 is 11.6 Å². The Hall–Kier alpha value is -1.52. The first-order valence-corrected chi connectivity index (χ1v) is 7.25. The van der Waals surface area contributed by atoms with E-state index in [9.17, 15) is 0 Å². The van der Waals surface area contributed by atoms with Gasteiger partial charge < -0.3 is 10.5 Å². The van der Waals surface area contributed by atoms with Gasteiger partial charge in [-0.3, -0.25) is 4.68 Å². The normalized spacial score (nSPS) is 12.4. The maximum atomic E-state index is 6.25. The second-order valence-corrected chi connectivity index (χ2v) is 5.14. The van der Waals surface area contributed by atoms with Gasteiger partial charge in [-0.05, 0) is 31.4 Å². The number of halogens is 1. The van der Waals surface area contributed by atoms with Gasteiger partial charge in [0.15, 0.2) is 5.75 Å². The van der Waals surface area contributed by atoms with Crippen LogP contribution in [-0.4, -0.2) is 15.8 Å². The highest BCUT2D eigenvalue weighted by atomic mass is 35.5. The van der Waals surface area contributed by atoms with Crippen LogP contribution in [0, 0.1) is 0 Å². The van der Waals surface area contributed by atoms with Crippen molar-refractivity contribution in [2.45, 2.75) is 39.3 Å². The van der Waals surface area contributed by atoms with Crippen LogP contribution in [0.15, 0.2) is 30.6 Å². The highest BCUT2D eigenvalue weighted by Crippen LogP contribution is 2.33. The SMILES string of the molecule is CCC(N)Cc1cccc(Cl)c1Oc1cnn(CC)c1. The summed E-state index contributed by atoms with van der Waals surface area (Å²) in [6.07, 6.45) is 5.21. The molecule has 1 aromatic carbocycles. The topological polar surface area (TPSA) is 53.1 Å². The van der Waals surface area contributed by atoms with Gasteiger partial charge in [-0.25, -0.2) is 0 Å². The number of nitrogens with two attached hydrogens (primary N) is 1. The zero-order valence-corrected chi connectivity index (χ0v) is 12.6. The van der Waals surface area contributed by atoms with Crippen LogP contribution in [0.4, 0.5) is 0 Å². The van der Waals surface area contributed by atoms with E-state index >= 15 is 0 Å². The van der Waals surface area contributed by atoms with Crippen LogP contribution < -0.4 is 10.5 Å². The zero-order valence-electron chi connectivity index (χ0n) is 11.8. The molecule has 0 amide bonds. The largest absolute Gasteiger partial charge is 0.452 e. The van der Waals surface area contributed by atoms with Crippen molar-refractivity contribution in [3.63, 3.8) is 0 Å². The molecule has 2 N–H and O–H groups in total. The van der Waals surface area contributed by atoms with Crippen LogP contribution in [0.5, 0.6) is 11.5 Å². The van der Waals surface area contributed by atoms with Gasteiger partial charge in [0.1, 0.15) is 5.75 Å². The molecule has 2 rings (SSSR count). The van der Waals surface area contributed by atoms with Gasteiger partial charge in [0.05, 0.1) is 17.4 Å². The first kappa shape index (κ1) is 14.9. The number of aryl methyl sites for hydroxylation is 1. The lowest BCUT2D eigenvalue weighted by Gasteiger charge is -2.14. The first-order chi connectivity index (χ1) is 9.63. The average Bonchev–Trinajstić information content (AvgIpc) is 2.90. The van der Waals surface area contributed by atoms with Crippen LogP contribution in [0.2, 0.25) is 5.02 Å². The number of aromatic nitrogens is 2. The molecule has 0 spiro atoms. The van der Waals surface area contributed by atoms with Crippen molar-refractivity contribution < 1.29 is 4.74 Å². The molecule has 1 heterocycles. The number of hydrogen-bond donors (Lipinski definition) is 1. The quantitative estimate of drug-likeness (QED) is 0.885. The molecule has 0 aliphatic carbocycles. The molecule has 0 aliphatic heterocycles. The summed E-state index contributed by atoms with van der Waals surface area (Å²) < 4.78 is 7.71. The Balaban J connectivity index is 2.25. The van der Waals surface area contributed by atoms with E-state index in [-0.39, 0.29) is 6.04 Å². The highest BCUT2D eigenvalue weighted by molar-refractivity contribution is 6.32. The lowest BCUT2D eigenvalue weighted by Crippen LogP contribution is -2.21. The molecule has 1 unspecified atom stereocenters. The summed E-state index contributed by atoms with van der Waals surface area (Å²) in [5.74, 6) is 1.36. The number of benzene rings is 1. The van der Waals surface area contributed by atoms with Crippen molar-refractivity contribution in [2.75, 3.05) is 0 Å². The summed E-state index contributed by atoms with van der Waals surface area (Å²) in [5, 5.41) is 4.78. The molecule has 1 aromatic heterocycles. The van der Waals surface area contributed by atoms with E-state index in [4.69, 9.17) is 22.1 Å². The van der Waals surface area contributed by atoms with Crippen LogP contribution >= 0.6 is 11.6 Å². The predicted molar refractivity (Wildman–Crippen MR) is 81.4 cm³/mol. The van der Waals surface area contributed by atoms with Gasteiger partial charge in [-0.15, -0.1) is 0 Å². The fourth-order valence-corrected chi connectivity index (χ4v) is 2.18. The van der Waals surface area contributed by atoms with Gasteiger partial charge in [-0.2, -0.15) is 5.10 Å². The minimum Gasteiger partial charge on any atom is -0.452 e. The summed E-state index contributed by atoms with van der Waals surface area (Å²) in [7, 11) is 0. The van der Waals surface area contributed by atoms with Gasteiger partial charge in [0, 0.05) is 12.6 Å². The lowest BCUT2D eigenvalue weighted by molar-refractivity contribution is 0.471. The summed E-state index contributed by atoms with van der Waals surface area (Å²) in [6.45, 7) is 4.90. The second kappa shape index (κ2) is 6.77. The Bertz CT molecular complexity index is 568. The maximum absolute atomic E-state index is 6.25. The van der Waals surface area contributed by atoms with Gasteiger partial charge in [-0.1, -0.05) is 30.7 Å². The van der Waals surface area contributed by atoms with E-state index < -0.39 is 0 Å². The molecule has 0 fully saturated rings. The highest BCUT2D eigenvalue weighted by Gasteiger charge is 2.13. The Morgan fingerprint density at radius 1 is 1.40 bits per heavy atom. The number of rotatable bonds is 6. The maximum Gasteiger partial charge on any atom is 0.165 e. The molecular weight excluding hydrogens is 274 g/mol. The van der Waals surface area contributed by atoms with Crippen molar-refractivity contribution in [2.24, 2.45) is 5.73 Å². The molecule has 20 heavy (non-hydrogen) atoms. The Morgan fingerprint density at radius 3 is 2.85 bits per heavy atom. The summed E-state index contributed by atoms with van der Waals surface area (Å²) >= 11 is 6.25. The molecule has 0 bridgehead atoms. The fraction of sp³-hybridized carbons (Fsp3) is 0.400. The van der Waals surface area contributed by atoms with Crippen LogP contribution in [0.25, 0.3) is 0 Å². The van der Waals surface area contributed by atoms with E-state index in [1.807, 2.05) is 36.0 Å². The summed E-state index contributed by atoms with van der Waals surface area (Å²) in [4.78, 5) is 0. The van der Waals surface area contributed by atoms with E-state index in [0.29, 0.717) is 16.5 Å². The number of ether oxygens (including phenoxy) is 1. The number of hydrogen-bond acceptors (Lipinski definition) is 3. The molecular formula is C15H20ClN3O. The Kier molecular flexibility index (Phi) is 5.04. The molecule has 108 valence electrons. The van der Waals surface area contributed by atoms with Crippen LogP contribution in [0.3, 0.4) is 0 Å². The second-order valence-electron chi connectivity index (χ2n) is 4.73. The van der Waals surface area contributed by atoms with Crippen LogP contribution in [-0.2, 0) is 13.0 Å². The van der Waals surface area contributed by atoms with E-state index in [0.717, 1.165) is 24.9 Å². The Labute approximate surface area is 124 Å². The fourth-order valence-electron chi connectivity index (χ4n) is 1.94. The molecule has 5 heteroatoms. The van der Waals surface area contributed by atoms with Gasteiger partial charge in [0.25, 0.3) is 0 Å². The van der Waals surface area contributed by atoms with E-state index in [1.165, 1.54) is 0 Å². The van der Waals surface area contributed by atoms with Crippen molar-refractivity contribution in [1.82, 2.24) is 9.78 Å². The van der Waals surface area contributed by atoms with Crippen molar-refractivity contribution in [3.8, 4) is 11.5 Å². The predicted octanol–water partition coefficient (Wildman–Crippen LogP) is 3.63. The third-order valence-electron chi connectivity index (χ3n) is 3.21. The zero-order chi connectivity index (χ0) is 14.5. The molecule has 0 radical (unpaired) electrons. The number of para-hydroxylation sites is 1.